The number of para-hydroxylation sites is 1. The van der Waals surface area contributed by atoms with E-state index in [0.717, 1.165) is 61.4 Å². The second-order valence-electron chi connectivity index (χ2n) is 7.44. The molecule has 4 nitrogen and oxygen atoms in total. The van der Waals surface area contributed by atoms with Crippen molar-refractivity contribution in [2.45, 2.75) is 52.9 Å². The average Bonchev–Trinajstić information content (AvgIpc) is 2.99. The fourth-order valence-electron chi connectivity index (χ4n) is 3.68. The number of amides is 1. The van der Waals surface area contributed by atoms with Gasteiger partial charge in [0.05, 0.1) is 27.7 Å². The van der Waals surface area contributed by atoms with Gasteiger partial charge in [-0.05, 0) is 50.2 Å². The van der Waals surface area contributed by atoms with Crippen LogP contribution in [0.1, 0.15) is 61.8 Å². The fraction of sp³-hybridized carbons (Fsp3) is 0.524. The molecule has 0 spiro atoms. The number of rotatable bonds is 5. The van der Waals surface area contributed by atoms with Crippen LogP contribution in [0.4, 0.5) is 0 Å². The van der Waals surface area contributed by atoms with Gasteiger partial charge >= 0.3 is 0 Å². The average molecular weight is 374 g/mol. The molecule has 1 aromatic carbocycles. The van der Waals surface area contributed by atoms with Gasteiger partial charge < -0.3 is 4.90 Å². The molecule has 0 bridgehead atoms. The summed E-state index contributed by atoms with van der Waals surface area (Å²) in [5.74, 6) is 0.567. The summed E-state index contributed by atoms with van der Waals surface area (Å²) in [5.41, 5.74) is 3.49. The highest BCUT2D eigenvalue weighted by Crippen LogP contribution is 2.28. The van der Waals surface area contributed by atoms with Crippen molar-refractivity contribution < 1.29 is 4.79 Å². The fourth-order valence-corrected chi connectivity index (χ4v) is 3.90. The van der Waals surface area contributed by atoms with Crippen molar-refractivity contribution >= 4 is 17.5 Å². The Morgan fingerprint density at radius 1 is 1.19 bits per heavy atom. The minimum atomic E-state index is 0.135. The van der Waals surface area contributed by atoms with Crippen LogP contribution in [0.15, 0.2) is 24.3 Å². The lowest BCUT2D eigenvalue weighted by atomic mass is 10.0. The van der Waals surface area contributed by atoms with Gasteiger partial charge in [-0.1, -0.05) is 44.5 Å². The molecule has 2 heterocycles. The van der Waals surface area contributed by atoms with E-state index in [4.69, 9.17) is 16.7 Å². The molecule has 2 aromatic rings. The minimum Gasteiger partial charge on any atom is -0.339 e. The Morgan fingerprint density at radius 2 is 1.88 bits per heavy atom. The predicted octanol–water partition coefficient (Wildman–Crippen LogP) is 4.91. The standard InChI is InChI=1S/C21H28ClN3O/c1-4-18-20(21(26)24-12-8-5-9-13-24)17(14-15(2)3)23-25(18)19-11-7-6-10-16(19)22/h6-7,10-11,15H,4-5,8-9,12-14H2,1-3H3. The van der Waals surface area contributed by atoms with Crippen LogP contribution in [0.5, 0.6) is 0 Å². The Kier molecular flexibility index (Phi) is 6.02. The normalized spacial score (nSPS) is 14.9. The third kappa shape index (κ3) is 3.80. The molecule has 1 fully saturated rings. The Balaban J connectivity index is 2.11. The summed E-state index contributed by atoms with van der Waals surface area (Å²) in [6, 6.07) is 7.70. The summed E-state index contributed by atoms with van der Waals surface area (Å²) in [4.78, 5) is 15.4. The van der Waals surface area contributed by atoms with E-state index in [1.165, 1.54) is 6.42 Å². The molecule has 1 saturated heterocycles. The number of benzene rings is 1. The highest BCUT2D eigenvalue weighted by atomic mass is 35.5. The molecular formula is C21H28ClN3O. The van der Waals surface area contributed by atoms with Crippen LogP contribution in [0.3, 0.4) is 0 Å². The quantitative estimate of drug-likeness (QED) is 0.746. The second kappa shape index (κ2) is 8.26. The molecule has 0 N–H and O–H groups in total. The highest BCUT2D eigenvalue weighted by Gasteiger charge is 2.28. The zero-order chi connectivity index (χ0) is 18.7. The number of piperidine rings is 1. The van der Waals surface area contributed by atoms with Gasteiger partial charge in [-0.25, -0.2) is 4.68 Å². The van der Waals surface area contributed by atoms with Gasteiger partial charge in [0.15, 0.2) is 0 Å². The van der Waals surface area contributed by atoms with Crippen molar-refractivity contribution in [2.75, 3.05) is 13.1 Å². The van der Waals surface area contributed by atoms with Crippen molar-refractivity contribution in [1.82, 2.24) is 14.7 Å². The molecular weight excluding hydrogens is 346 g/mol. The first-order valence-corrected chi connectivity index (χ1v) is 10.1. The number of carbonyl (C=O) groups is 1. The Morgan fingerprint density at radius 3 is 2.50 bits per heavy atom. The molecule has 1 aliphatic heterocycles. The lowest BCUT2D eigenvalue weighted by Gasteiger charge is -2.27. The van der Waals surface area contributed by atoms with Crippen LogP contribution in [0.2, 0.25) is 5.02 Å². The van der Waals surface area contributed by atoms with E-state index in [-0.39, 0.29) is 5.91 Å². The summed E-state index contributed by atoms with van der Waals surface area (Å²) in [5, 5.41) is 5.50. The zero-order valence-electron chi connectivity index (χ0n) is 16.0. The molecule has 3 rings (SSSR count). The molecule has 140 valence electrons. The number of hydrogen-bond acceptors (Lipinski definition) is 2. The topological polar surface area (TPSA) is 38.1 Å². The van der Waals surface area contributed by atoms with E-state index >= 15 is 0 Å². The van der Waals surface area contributed by atoms with E-state index in [1.54, 1.807) is 0 Å². The van der Waals surface area contributed by atoms with Crippen molar-refractivity contribution in [3.63, 3.8) is 0 Å². The van der Waals surface area contributed by atoms with Gasteiger partial charge in [-0.2, -0.15) is 5.10 Å². The lowest BCUT2D eigenvalue weighted by molar-refractivity contribution is 0.0722. The maximum Gasteiger partial charge on any atom is 0.257 e. The first-order chi connectivity index (χ1) is 12.5. The van der Waals surface area contributed by atoms with Crippen LogP contribution < -0.4 is 0 Å². The number of nitrogens with zero attached hydrogens (tertiary/aromatic N) is 3. The smallest absolute Gasteiger partial charge is 0.257 e. The van der Waals surface area contributed by atoms with Crippen LogP contribution in [-0.4, -0.2) is 33.7 Å². The molecule has 1 aliphatic rings. The first-order valence-electron chi connectivity index (χ1n) is 9.67. The van der Waals surface area contributed by atoms with Gasteiger partial charge in [0, 0.05) is 13.1 Å². The SMILES string of the molecule is CCc1c(C(=O)N2CCCCC2)c(CC(C)C)nn1-c1ccccc1Cl. The number of likely N-dealkylation sites (tertiary alicyclic amines) is 1. The molecule has 0 atom stereocenters. The summed E-state index contributed by atoms with van der Waals surface area (Å²) < 4.78 is 1.89. The molecule has 0 radical (unpaired) electrons. The maximum atomic E-state index is 13.4. The molecule has 1 amide bonds. The number of halogens is 1. The highest BCUT2D eigenvalue weighted by molar-refractivity contribution is 6.32. The van der Waals surface area contributed by atoms with E-state index in [0.29, 0.717) is 10.9 Å². The molecule has 0 saturated carbocycles. The van der Waals surface area contributed by atoms with Crippen LogP contribution in [-0.2, 0) is 12.8 Å². The Hall–Kier alpha value is -1.81. The Labute approximate surface area is 161 Å². The monoisotopic (exact) mass is 373 g/mol. The van der Waals surface area contributed by atoms with Gasteiger partial charge in [-0.3, -0.25) is 4.79 Å². The third-order valence-corrected chi connectivity index (χ3v) is 5.25. The molecule has 1 aromatic heterocycles. The lowest BCUT2D eigenvalue weighted by Crippen LogP contribution is -2.36. The predicted molar refractivity (Wildman–Crippen MR) is 106 cm³/mol. The van der Waals surface area contributed by atoms with Crippen LogP contribution in [0.25, 0.3) is 5.69 Å². The van der Waals surface area contributed by atoms with Crippen molar-refractivity contribution in [3.05, 3.63) is 46.2 Å². The van der Waals surface area contributed by atoms with E-state index < -0.39 is 0 Å². The third-order valence-electron chi connectivity index (χ3n) is 4.93. The first kappa shape index (κ1) is 19.0. The second-order valence-corrected chi connectivity index (χ2v) is 7.84. The van der Waals surface area contributed by atoms with Crippen molar-refractivity contribution in [2.24, 2.45) is 5.92 Å². The maximum absolute atomic E-state index is 13.4. The van der Waals surface area contributed by atoms with Crippen LogP contribution >= 0.6 is 11.6 Å². The van der Waals surface area contributed by atoms with Gasteiger partial charge in [0.25, 0.3) is 5.91 Å². The summed E-state index contributed by atoms with van der Waals surface area (Å²) in [7, 11) is 0. The molecule has 5 heteroatoms. The van der Waals surface area contributed by atoms with E-state index in [9.17, 15) is 4.79 Å². The van der Waals surface area contributed by atoms with Crippen molar-refractivity contribution in [3.8, 4) is 5.69 Å². The van der Waals surface area contributed by atoms with Gasteiger partial charge in [0.2, 0.25) is 0 Å². The number of aromatic nitrogens is 2. The molecule has 0 aliphatic carbocycles. The summed E-state index contributed by atoms with van der Waals surface area (Å²) in [6.45, 7) is 8.10. The summed E-state index contributed by atoms with van der Waals surface area (Å²) in [6.07, 6.45) is 4.92. The number of hydrogen-bond donors (Lipinski definition) is 0. The summed E-state index contributed by atoms with van der Waals surface area (Å²) >= 11 is 6.43. The van der Waals surface area contributed by atoms with Gasteiger partial charge in [-0.15, -0.1) is 0 Å². The number of carbonyl (C=O) groups excluding carboxylic acids is 1. The van der Waals surface area contributed by atoms with Gasteiger partial charge in [0.1, 0.15) is 0 Å². The zero-order valence-corrected chi connectivity index (χ0v) is 16.7. The largest absolute Gasteiger partial charge is 0.339 e. The molecule has 0 unspecified atom stereocenters. The van der Waals surface area contributed by atoms with E-state index in [1.807, 2.05) is 33.8 Å². The van der Waals surface area contributed by atoms with E-state index in [2.05, 4.69) is 20.8 Å². The van der Waals surface area contributed by atoms with Crippen molar-refractivity contribution in [1.29, 1.82) is 0 Å². The Bertz CT molecular complexity index is 776. The van der Waals surface area contributed by atoms with Crippen LogP contribution in [0, 0.1) is 5.92 Å². The molecule has 26 heavy (non-hydrogen) atoms. The minimum absolute atomic E-state index is 0.135.